The van der Waals surface area contributed by atoms with E-state index in [0.29, 0.717) is 18.7 Å². The van der Waals surface area contributed by atoms with Gasteiger partial charge in [-0.25, -0.2) is 14.8 Å². The van der Waals surface area contributed by atoms with Gasteiger partial charge >= 0.3 is 5.69 Å². The molecule has 0 radical (unpaired) electrons. The van der Waals surface area contributed by atoms with Crippen LogP contribution in [0.5, 0.6) is 0 Å². The summed E-state index contributed by atoms with van der Waals surface area (Å²) in [5, 5.41) is 3.92. The average molecular weight is 230 g/mol. The fourth-order valence-electron chi connectivity index (χ4n) is 1.94. The molecule has 0 aliphatic carbocycles. The summed E-state index contributed by atoms with van der Waals surface area (Å²) in [5.41, 5.74) is 3.68. The van der Waals surface area contributed by atoms with Gasteiger partial charge in [0.15, 0.2) is 0 Å². The lowest BCUT2D eigenvalue weighted by Crippen LogP contribution is -2.33. The van der Waals surface area contributed by atoms with Crippen molar-refractivity contribution in [3.8, 4) is 0 Å². The van der Waals surface area contributed by atoms with Crippen molar-refractivity contribution >= 4 is 22.8 Å². The van der Waals surface area contributed by atoms with Gasteiger partial charge in [-0.2, -0.15) is 5.10 Å². The minimum Gasteiger partial charge on any atom is -0.305 e. The Morgan fingerprint density at radius 3 is 2.76 bits per heavy atom. The minimum atomic E-state index is -0.235. The van der Waals surface area contributed by atoms with Crippen molar-refractivity contribution in [2.24, 2.45) is 5.10 Å². The smallest absolute Gasteiger partial charge is 0.305 e. The minimum absolute atomic E-state index is 0.123. The van der Waals surface area contributed by atoms with Crippen molar-refractivity contribution in [3.63, 3.8) is 0 Å². The number of rotatable bonds is 0. The van der Waals surface area contributed by atoms with Gasteiger partial charge in [0.2, 0.25) is 5.91 Å². The van der Waals surface area contributed by atoms with Crippen molar-refractivity contribution < 1.29 is 4.79 Å². The molecule has 0 spiro atoms. The fraction of sp³-hybridized carbons (Fsp3) is 0.182. The van der Waals surface area contributed by atoms with Crippen molar-refractivity contribution in [1.29, 1.82) is 0 Å². The first-order valence-electron chi connectivity index (χ1n) is 5.31. The molecule has 1 aliphatic heterocycles. The number of hydrogen-bond acceptors (Lipinski definition) is 3. The van der Waals surface area contributed by atoms with Crippen LogP contribution in [0.2, 0.25) is 0 Å². The molecular weight excluding hydrogens is 220 g/mol. The van der Waals surface area contributed by atoms with Crippen LogP contribution in [0.25, 0.3) is 11.0 Å². The van der Waals surface area contributed by atoms with E-state index in [4.69, 9.17) is 0 Å². The van der Waals surface area contributed by atoms with E-state index in [9.17, 15) is 9.59 Å². The molecule has 86 valence electrons. The summed E-state index contributed by atoms with van der Waals surface area (Å²) in [6.07, 6.45) is 0.818. The highest BCUT2D eigenvalue weighted by Gasteiger charge is 2.17. The molecular formula is C11H10N4O2. The van der Waals surface area contributed by atoms with Crippen LogP contribution in [0.3, 0.4) is 0 Å². The summed E-state index contributed by atoms with van der Waals surface area (Å²) in [7, 11) is 0. The molecule has 2 aromatic rings. The average Bonchev–Trinajstić information content (AvgIpc) is 2.66. The Bertz CT molecular complexity index is 680. The molecule has 0 fully saturated rings. The second-order valence-electron chi connectivity index (χ2n) is 3.85. The normalized spacial score (nSPS) is 15.8. The van der Waals surface area contributed by atoms with E-state index in [-0.39, 0.29) is 11.6 Å². The number of amides is 1. The van der Waals surface area contributed by atoms with Gasteiger partial charge < -0.3 is 4.98 Å². The SMILES string of the molecule is O=C1CCC(n2c(=O)[nH]c3ccccc32)=NN1. The predicted octanol–water partition coefficient (Wildman–Crippen LogP) is 0.401. The van der Waals surface area contributed by atoms with Crippen LogP contribution in [0.4, 0.5) is 0 Å². The maximum atomic E-state index is 11.8. The largest absolute Gasteiger partial charge is 0.332 e. The van der Waals surface area contributed by atoms with E-state index < -0.39 is 0 Å². The summed E-state index contributed by atoms with van der Waals surface area (Å²) in [4.78, 5) is 25.6. The molecule has 2 heterocycles. The number of H-pyrrole nitrogens is 1. The number of fused-ring (bicyclic) bond motifs is 1. The molecule has 0 atom stereocenters. The highest BCUT2D eigenvalue weighted by molar-refractivity contribution is 5.97. The number of para-hydroxylation sites is 2. The van der Waals surface area contributed by atoms with Gasteiger partial charge in [-0.15, -0.1) is 0 Å². The third-order valence-corrected chi connectivity index (χ3v) is 2.73. The highest BCUT2D eigenvalue weighted by Crippen LogP contribution is 2.11. The summed E-state index contributed by atoms with van der Waals surface area (Å²) >= 11 is 0. The molecule has 1 amide bonds. The van der Waals surface area contributed by atoms with Crippen LogP contribution in [0.15, 0.2) is 34.2 Å². The fourth-order valence-corrected chi connectivity index (χ4v) is 1.94. The number of hydrogen-bond donors (Lipinski definition) is 2. The lowest BCUT2D eigenvalue weighted by molar-refractivity contribution is -0.121. The number of nitrogens with one attached hydrogen (secondary N) is 2. The quantitative estimate of drug-likeness (QED) is 0.687. The second-order valence-corrected chi connectivity index (χ2v) is 3.85. The molecule has 1 aromatic carbocycles. The number of carbonyl (C=O) groups excluding carboxylic acids is 1. The maximum absolute atomic E-state index is 11.8. The maximum Gasteiger partial charge on any atom is 0.332 e. The van der Waals surface area contributed by atoms with Crippen LogP contribution < -0.4 is 11.1 Å². The Hall–Kier alpha value is -2.37. The topological polar surface area (TPSA) is 79.2 Å². The Morgan fingerprint density at radius 1 is 1.18 bits per heavy atom. The van der Waals surface area contributed by atoms with E-state index in [0.717, 1.165) is 11.0 Å². The number of carbonyl (C=O) groups is 1. The number of benzene rings is 1. The summed E-state index contributed by atoms with van der Waals surface area (Å²) in [6.45, 7) is 0. The lowest BCUT2D eigenvalue weighted by Gasteiger charge is -2.12. The van der Waals surface area contributed by atoms with Gasteiger partial charge in [0, 0.05) is 12.8 Å². The number of aromatic amines is 1. The molecule has 6 nitrogen and oxygen atoms in total. The second kappa shape index (κ2) is 3.58. The van der Waals surface area contributed by atoms with Crippen molar-refractivity contribution in [2.75, 3.05) is 0 Å². The molecule has 2 N–H and O–H groups in total. The Kier molecular flexibility index (Phi) is 2.07. The van der Waals surface area contributed by atoms with Crippen molar-refractivity contribution in [3.05, 3.63) is 34.7 Å². The first-order chi connectivity index (χ1) is 8.25. The third kappa shape index (κ3) is 1.54. The zero-order valence-electron chi connectivity index (χ0n) is 8.93. The third-order valence-electron chi connectivity index (χ3n) is 2.73. The first kappa shape index (κ1) is 9.83. The molecule has 1 aromatic heterocycles. The van der Waals surface area contributed by atoms with E-state index in [1.165, 1.54) is 4.57 Å². The Balaban J connectivity index is 2.20. The van der Waals surface area contributed by atoms with E-state index in [1.54, 1.807) is 0 Å². The van der Waals surface area contributed by atoms with E-state index in [1.807, 2.05) is 24.3 Å². The molecule has 6 heteroatoms. The number of hydrazone groups is 1. The molecule has 0 saturated heterocycles. The molecule has 17 heavy (non-hydrogen) atoms. The van der Waals surface area contributed by atoms with E-state index >= 15 is 0 Å². The zero-order chi connectivity index (χ0) is 11.8. The summed E-state index contributed by atoms with van der Waals surface area (Å²) in [6, 6.07) is 7.38. The van der Waals surface area contributed by atoms with Gasteiger partial charge in [0.25, 0.3) is 0 Å². The van der Waals surface area contributed by atoms with Crippen LogP contribution in [-0.2, 0) is 4.79 Å². The first-order valence-corrected chi connectivity index (χ1v) is 5.31. The van der Waals surface area contributed by atoms with Gasteiger partial charge in [0.05, 0.1) is 11.0 Å². The summed E-state index contributed by atoms with van der Waals surface area (Å²) in [5.74, 6) is 0.439. The molecule has 0 saturated carbocycles. The number of nitrogens with zero attached hydrogens (tertiary/aromatic N) is 2. The van der Waals surface area contributed by atoms with Crippen molar-refractivity contribution in [2.45, 2.75) is 12.8 Å². The predicted molar refractivity (Wildman–Crippen MR) is 62.8 cm³/mol. The Morgan fingerprint density at radius 2 is 2.00 bits per heavy atom. The molecule has 0 unspecified atom stereocenters. The van der Waals surface area contributed by atoms with Gasteiger partial charge in [0.1, 0.15) is 5.84 Å². The van der Waals surface area contributed by atoms with Crippen LogP contribution in [-0.4, -0.2) is 21.3 Å². The van der Waals surface area contributed by atoms with Crippen molar-refractivity contribution in [1.82, 2.24) is 15.0 Å². The molecule has 1 aliphatic rings. The van der Waals surface area contributed by atoms with Crippen LogP contribution in [0.1, 0.15) is 12.8 Å². The monoisotopic (exact) mass is 230 g/mol. The van der Waals surface area contributed by atoms with E-state index in [2.05, 4.69) is 15.5 Å². The van der Waals surface area contributed by atoms with Crippen LogP contribution >= 0.6 is 0 Å². The van der Waals surface area contributed by atoms with Crippen LogP contribution in [0, 0.1) is 0 Å². The Labute approximate surface area is 95.9 Å². The molecule has 0 bridgehead atoms. The van der Waals surface area contributed by atoms with Gasteiger partial charge in [-0.05, 0) is 12.1 Å². The standard InChI is InChI=1S/C11H10N4O2/c16-10-6-5-9(13-14-10)15-8-4-2-1-3-7(8)12-11(15)17/h1-4H,5-6H2,(H,12,17)(H,14,16). The zero-order valence-corrected chi connectivity index (χ0v) is 8.93. The molecule has 3 rings (SSSR count). The van der Waals surface area contributed by atoms with Gasteiger partial charge in [-0.3, -0.25) is 4.79 Å². The van der Waals surface area contributed by atoms with Gasteiger partial charge in [-0.1, -0.05) is 12.1 Å². The number of aromatic nitrogens is 2. The number of imidazole rings is 1. The lowest BCUT2D eigenvalue weighted by atomic mass is 10.2. The highest BCUT2D eigenvalue weighted by atomic mass is 16.2. The summed E-state index contributed by atoms with van der Waals surface area (Å²) < 4.78 is 1.49.